The maximum absolute atomic E-state index is 13.0. The molecular formula is C14H12F3NS. The molecule has 0 spiro atoms. The Kier molecular flexibility index (Phi) is 3.75. The lowest BCUT2D eigenvalue weighted by Crippen LogP contribution is -2.07. The molecule has 0 heterocycles. The number of halogens is 3. The average molecular weight is 283 g/mol. The number of alkyl halides is 3. The zero-order valence-electron chi connectivity index (χ0n) is 10.2. The first kappa shape index (κ1) is 13.8. The second-order valence-electron chi connectivity index (χ2n) is 4.12. The van der Waals surface area contributed by atoms with E-state index in [0.29, 0.717) is 0 Å². The molecule has 0 aliphatic rings. The number of hydrogen-bond acceptors (Lipinski definition) is 2. The lowest BCUT2D eigenvalue weighted by atomic mass is 10.2. The van der Waals surface area contributed by atoms with Crippen molar-refractivity contribution in [2.45, 2.75) is 22.9 Å². The van der Waals surface area contributed by atoms with E-state index in [9.17, 15) is 13.2 Å². The summed E-state index contributed by atoms with van der Waals surface area (Å²) in [7, 11) is 0. The minimum Gasteiger partial charge on any atom is -0.399 e. The normalized spacial score (nSPS) is 11.6. The first-order chi connectivity index (χ1) is 8.88. The van der Waals surface area contributed by atoms with Crippen LogP contribution in [-0.2, 0) is 6.18 Å². The molecule has 100 valence electrons. The molecule has 0 aliphatic heterocycles. The molecule has 2 aromatic carbocycles. The summed E-state index contributed by atoms with van der Waals surface area (Å²) < 4.78 is 38.9. The second kappa shape index (κ2) is 5.17. The van der Waals surface area contributed by atoms with Crippen LogP contribution in [0.1, 0.15) is 11.1 Å². The number of nitrogen functional groups attached to an aromatic ring is 1. The Bertz CT molecular complexity index is 593. The van der Waals surface area contributed by atoms with Crippen LogP contribution in [0.2, 0.25) is 0 Å². The quantitative estimate of drug-likeness (QED) is 0.805. The minimum atomic E-state index is -4.40. The van der Waals surface area contributed by atoms with Crippen LogP contribution in [0.15, 0.2) is 52.3 Å². The van der Waals surface area contributed by atoms with E-state index in [1.54, 1.807) is 12.1 Å². The first-order valence-corrected chi connectivity index (χ1v) is 6.40. The topological polar surface area (TPSA) is 26.0 Å². The molecule has 0 atom stereocenters. The Morgan fingerprint density at radius 2 is 1.68 bits per heavy atom. The van der Waals surface area contributed by atoms with Crippen LogP contribution in [0, 0.1) is 6.92 Å². The summed E-state index contributed by atoms with van der Waals surface area (Å²) in [5.41, 5.74) is 5.80. The van der Waals surface area contributed by atoms with Gasteiger partial charge in [-0.25, -0.2) is 0 Å². The summed E-state index contributed by atoms with van der Waals surface area (Å²) in [6.45, 7) is 1.87. The molecule has 0 bridgehead atoms. The number of nitrogens with two attached hydrogens (primary N) is 1. The predicted octanol–water partition coefficient (Wildman–Crippen LogP) is 4.75. The first-order valence-electron chi connectivity index (χ1n) is 5.58. The van der Waals surface area contributed by atoms with Crippen molar-refractivity contribution in [3.63, 3.8) is 0 Å². The number of hydrogen-bond donors (Lipinski definition) is 1. The summed E-state index contributed by atoms with van der Waals surface area (Å²) in [5.74, 6) is 0. The largest absolute Gasteiger partial charge is 0.417 e. The fourth-order valence-electron chi connectivity index (χ4n) is 1.65. The highest BCUT2D eigenvalue weighted by Gasteiger charge is 2.33. The van der Waals surface area contributed by atoms with E-state index in [2.05, 4.69) is 0 Å². The third-order valence-corrected chi connectivity index (χ3v) is 3.88. The third-order valence-electron chi connectivity index (χ3n) is 2.62. The van der Waals surface area contributed by atoms with Crippen molar-refractivity contribution in [3.05, 3.63) is 53.6 Å². The number of aryl methyl sites for hydroxylation is 1. The monoisotopic (exact) mass is 283 g/mol. The molecule has 0 saturated heterocycles. The molecule has 0 fully saturated rings. The van der Waals surface area contributed by atoms with Crippen LogP contribution in [-0.4, -0.2) is 0 Å². The van der Waals surface area contributed by atoms with Crippen LogP contribution >= 0.6 is 11.8 Å². The van der Waals surface area contributed by atoms with Crippen molar-refractivity contribution in [2.75, 3.05) is 5.73 Å². The fraction of sp³-hybridized carbons (Fsp3) is 0.143. The Hall–Kier alpha value is -1.62. The van der Waals surface area contributed by atoms with Crippen LogP contribution in [0.3, 0.4) is 0 Å². The van der Waals surface area contributed by atoms with E-state index < -0.39 is 11.7 Å². The van der Waals surface area contributed by atoms with Gasteiger partial charge in [-0.1, -0.05) is 30.0 Å². The second-order valence-corrected chi connectivity index (χ2v) is 5.20. The van der Waals surface area contributed by atoms with Gasteiger partial charge in [0.05, 0.1) is 5.56 Å². The molecule has 1 nitrogen and oxygen atoms in total. The zero-order chi connectivity index (χ0) is 14.0. The molecule has 2 aromatic rings. The summed E-state index contributed by atoms with van der Waals surface area (Å²) in [5, 5.41) is 0. The van der Waals surface area contributed by atoms with E-state index in [1.165, 1.54) is 12.1 Å². The van der Waals surface area contributed by atoms with E-state index >= 15 is 0 Å². The number of rotatable bonds is 2. The van der Waals surface area contributed by atoms with Crippen LogP contribution in [0.4, 0.5) is 18.9 Å². The number of anilines is 1. The van der Waals surface area contributed by atoms with Gasteiger partial charge in [-0.2, -0.15) is 13.2 Å². The summed E-state index contributed by atoms with van der Waals surface area (Å²) in [4.78, 5) is 0.966. The molecule has 19 heavy (non-hydrogen) atoms. The van der Waals surface area contributed by atoms with Gasteiger partial charge in [0, 0.05) is 15.5 Å². The molecule has 2 N–H and O–H groups in total. The highest BCUT2D eigenvalue weighted by molar-refractivity contribution is 7.99. The molecule has 0 amide bonds. The zero-order valence-corrected chi connectivity index (χ0v) is 11.0. The standard InChI is InChI=1S/C14H12F3NS/c1-9-4-2-3-5-12(9)19-13-7-6-10(18)8-11(13)14(15,16)17/h2-8H,18H2,1H3. The molecule has 0 radical (unpaired) electrons. The third kappa shape index (κ3) is 3.23. The van der Waals surface area contributed by atoms with Crippen LogP contribution in [0.25, 0.3) is 0 Å². The molecule has 0 unspecified atom stereocenters. The van der Waals surface area contributed by atoms with Gasteiger partial charge in [0.15, 0.2) is 0 Å². The van der Waals surface area contributed by atoms with Crippen LogP contribution < -0.4 is 5.73 Å². The van der Waals surface area contributed by atoms with Crippen molar-refractivity contribution in [1.82, 2.24) is 0 Å². The summed E-state index contributed by atoms with van der Waals surface area (Å²) in [6.07, 6.45) is -4.40. The average Bonchev–Trinajstić information content (AvgIpc) is 2.33. The van der Waals surface area contributed by atoms with Crippen molar-refractivity contribution >= 4 is 17.4 Å². The Morgan fingerprint density at radius 1 is 1.00 bits per heavy atom. The Balaban J connectivity index is 2.44. The van der Waals surface area contributed by atoms with Crippen molar-refractivity contribution in [1.29, 1.82) is 0 Å². The van der Waals surface area contributed by atoms with E-state index in [4.69, 9.17) is 5.73 Å². The Labute approximate surface area is 113 Å². The fourth-order valence-corrected chi connectivity index (χ4v) is 2.68. The molecule has 0 aliphatic carbocycles. The van der Waals surface area contributed by atoms with Crippen LogP contribution in [0.5, 0.6) is 0 Å². The molecule has 0 aromatic heterocycles. The summed E-state index contributed by atoms with van der Waals surface area (Å²) in [6, 6.07) is 11.2. The SMILES string of the molecule is Cc1ccccc1Sc1ccc(N)cc1C(F)(F)F. The van der Waals surface area contributed by atoms with Gasteiger partial charge in [0.25, 0.3) is 0 Å². The smallest absolute Gasteiger partial charge is 0.399 e. The van der Waals surface area contributed by atoms with Crippen molar-refractivity contribution in [3.8, 4) is 0 Å². The van der Waals surface area contributed by atoms with E-state index in [-0.39, 0.29) is 10.6 Å². The maximum Gasteiger partial charge on any atom is 0.417 e. The molecular weight excluding hydrogens is 271 g/mol. The van der Waals surface area contributed by atoms with Crippen molar-refractivity contribution in [2.24, 2.45) is 0 Å². The highest BCUT2D eigenvalue weighted by atomic mass is 32.2. The van der Waals surface area contributed by atoms with Gasteiger partial charge >= 0.3 is 6.18 Å². The van der Waals surface area contributed by atoms with Crippen molar-refractivity contribution < 1.29 is 13.2 Å². The predicted molar refractivity (Wildman–Crippen MR) is 71.2 cm³/mol. The highest BCUT2D eigenvalue weighted by Crippen LogP contribution is 2.41. The minimum absolute atomic E-state index is 0.112. The van der Waals surface area contributed by atoms with Gasteiger partial charge in [-0.05, 0) is 36.8 Å². The number of benzene rings is 2. The molecule has 2 rings (SSSR count). The lowest BCUT2D eigenvalue weighted by molar-refractivity contribution is -0.139. The van der Waals surface area contributed by atoms with Gasteiger partial charge in [-0.3, -0.25) is 0 Å². The van der Waals surface area contributed by atoms with Gasteiger partial charge in [0.2, 0.25) is 0 Å². The molecule has 0 saturated carbocycles. The van der Waals surface area contributed by atoms with E-state index in [1.807, 2.05) is 19.1 Å². The maximum atomic E-state index is 13.0. The Morgan fingerprint density at radius 3 is 2.32 bits per heavy atom. The van der Waals surface area contributed by atoms with E-state index in [0.717, 1.165) is 28.3 Å². The lowest BCUT2D eigenvalue weighted by Gasteiger charge is -2.14. The summed E-state index contributed by atoms with van der Waals surface area (Å²) >= 11 is 1.10. The van der Waals surface area contributed by atoms with Gasteiger partial charge in [0.1, 0.15) is 0 Å². The van der Waals surface area contributed by atoms with Gasteiger partial charge < -0.3 is 5.73 Å². The molecule has 5 heteroatoms. The van der Waals surface area contributed by atoms with Gasteiger partial charge in [-0.15, -0.1) is 0 Å².